The third-order valence-corrected chi connectivity index (χ3v) is 6.56. The molecule has 1 unspecified atom stereocenters. The molecule has 0 aliphatic carbocycles. The van der Waals surface area contributed by atoms with Crippen molar-refractivity contribution in [1.29, 1.82) is 0 Å². The van der Waals surface area contributed by atoms with Gasteiger partial charge in [0, 0.05) is 37.5 Å². The van der Waals surface area contributed by atoms with Crippen LogP contribution in [0, 0.1) is 5.92 Å². The average Bonchev–Trinajstić information content (AvgIpc) is 2.65. The topological polar surface area (TPSA) is 57.7 Å². The van der Waals surface area contributed by atoms with E-state index in [0.717, 1.165) is 12.0 Å². The fourth-order valence-electron chi connectivity index (χ4n) is 2.95. The standard InChI is InChI=1S/C19H28N2O3S/c1-4-16(2)20(3)19(22)18-10-13-21(14-11-18)25(23,24)15-12-17-8-6-5-7-9-17/h5-9,12,15-16,18H,4,10-11,13-14H2,1-3H3/b15-12+. The van der Waals surface area contributed by atoms with Crippen molar-refractivity contribution in [1.82, 2.24) is 9.21 Å². The minimum atomic E-state index is -3.44. The lowest BCUT2D eigenvalue weighted by Crippen LogP contribution is -2.45. The first-order chi connectivity index (χ1) is 11.8. The van der Waals surface area contributed by atoms with Crippen LogP contribution < -0.4 is 0 Å². The molecule has 0 bridgehead atoms. The normalized spacial score (nSPS) is 18.4. The predicted molar refractivity (Wildman–Crippen MR) is 101 cm³/mol. The van der Waals surface area contributed by atoms with E-state index >= 15 is 0 Å². The zero-order valence-electron chi connectivity index (χ0n) is 15.3. The molecule has 138 valence electrons. The van der Waals surface area contributed by atoms with Crippen LogP contribution in [0.4, 0.5) is 0 Å². The Bertz CT molecular complexity index is 693. The number of amides is 1. The monoisotopic (exact) mass is 364 g/mol. The van der Waals surface area contributed by atoms with Crippen molar-refractivity contribution in [2.45, 2.75) is 39.2 Å². The quantitative estimate of drug-likeness (QED) is 0.780. The zero-order chi connectivity index (χ0) is 18.4. The molecule has 25 heavy (non-hydrogen) atoms. The summed E-state index contributed by atoms with van der Waals surface area (Å²) < 4.78 is 26.4. The molecule has 1 heterocycles. The molecule has 1 aliphatic heterocycles. The fourth-order valence-corrected chi connectivity index (χ4v) is 4.17. The number of hydrogen-bond acceptors (Lipinski definition) is 3. The smallest absolute Gasteiger partial charge is 0.236 e. The Kier molecular flexibility index (Phi) is 6.79. The van der Waals surface area contributed by atoms with Crippen LogP contribution in [-0.4, -0.2) is 49.7 Å². The zero-order valence-corrected chi connectivity index (χ0v) is 16.1. The first kappa shape index (κ1) is 19.7. The van der Waals surface area contributed by atoms with Gasteiger partial charge in [-0.2, -0.15) is 4.31 Å². The summed E-state index contributed by atoms with van der Waals surface area (Å²) in [4.78, 5) is 14.3. The van der Waals surface area contributed by atoms with Crippen LogP contribution in [-0.2, 0) is 14.8 Å². The second kappa shape index (κ2) is 8.63. The van der Waals surface area contributed by atoms with E-state index in [4.69, 9.17) is 0 Å². The Hall–Kier alpha value is -1.66. The second-order valence-corrected chi connectivity index (χ2v) is 8.46. The van der Waals surface area contributed by atoms with E-state index in [1.165, 1.54) is 9.71 Å². The summed E-state index contributed by atoms with van der Waals surface area (Å²) >= 11 is 0. The van der Waals surface area contributed by atoms with Crippen LogP contribution in [0.2, 0.25) is 0 Å². The van der Waals surface area contributed by atoms with Crippen LogP contribution in [0.15, 0.2) is 35.7 Å². The number of carbonyl (C=O) groups excluding carboxylic acids is 1. The largest absolute Gasteiger partial charge is 0.343 e. The van der Waals surface area contributed by atoms with Gasteiger partial charge >= 0.3 is 0 Å². The van der Waals surface area contributed by atoms with E-state index in [9.17, 15) is 13.2 Å². The molecule has 2 rings (SSSR count). The summed E-state index contributed by atoms with van der Waals surface area (Å²) in [6.45, 7) is 4.88. The summed E-state index contributed by atoms with van der Waals surface area (Å²) in [5, 5.41) is 1.26. The number of piperidine rings is 1. The van der Waals surface area contributed by atoms with Crippen LogP contribution >= 0.6 is 0 Å². The van der Waals surface area contributed by atoms with E-state index in [1.807, 2.05) is 44.3 Å². The molecule has 1 saturated heterocycles. The molecule has 1 amide bonds. The third-order valence-electron chi connectivity index (χ3n) is 4.99. The molecule has 0 aromatic heterocycles. The minimum absolute atomic E-state index is 0.0800. The lowest BCUT2D eigenvalue weighted by Gasteiger charge is -2.33. The molecule has 1 aromatic carbocycles. The highest BCUT2D eigenvalue weighted by molar-refractivity contribution is 7.92. The maximum atomic E-state index is 12.5. The fraction of sp³-hybridized carbons (Fsp3) is 0.526. The van der Waals surface area contributed by atoms with Gasteiger partial charge in [0.25, 0.3) is 0 Å². The highest BCUT2D eigenvalue weighted by Gasteiger charge is 2.32. The van der Waals surface area contributed by atoms with Crippen molar-refractivity contribution in [3.05, 3.63) is 41.3 Å². The number of benzene rings is 1. The van der Waals surface area contributed by atoms with Gasteiger partial charge in [-0.3, -0.25) is 4.79 Å². The van der Waals surface area contributed by atoms with Gasteiger partial charge in [-0.15, -0.1) is 0 Å². The molecule has 0 spiro atoms. The highest BCUT2D eigenvalue weighted by atomic mass is 32.2. The van der Waals surface area contributed by atoms with Gasteiger partial charge in [0.05, 0.1) is 0 Å². The van der Waals surface area contributed by atoms with Crippen LogP contribution in [0.25, 0.3) is 6.08 Å². The Morgan fingerprint density at radius 3 is 2.44 bits per heavy atom. The minimum Gasteiger partial charge on any atom is -0.343 e. The van der Waals surface area contributed by atoms with E-state index < -0.39 is 10.0 Å². The Labute approximate surface area is 151 Å². The number of nitrogens with zero attached hydrogens (tertiary/aromatic N) is 2. The summed E-state index contributed by atoms with van der Waals surface area (Å²) in [5.41, 5.74) is 0.853. The predicted octanol–water partition coefficient (Wildman–Crippen LogP) is 2.96. The van der Waals surface area contributed by atoms with Crippen LogP contribution in [0.5, 0.6) is 0 Å². The highest BCUT2D eigenvalue weighted by Crippen LogP contribution is 2.23. The Morgan fingerprint density at radius 1 is 1.28 bits per heavy atom. The molecule has 1 fully saturated rings. The van der Waals surface area contributed by atoms with Gasteiger partial charge in [0.2, 0.25) is 15.9 Å². The summed E-state index contributed by atoms with van der Waals surface area (Å²) in [6.07, 6.45) is 3.69. The van der Waals surface area contributed by atoms with Crippen molar-refractivity contribution in [3.8, 4) is 0 Å². The first-order valence-electron chi connectivity index (χ1n) is 8.85. The van der Waals surface area contributed by atoms with Gasteiger partial charge in [-0.25, -0.2) is 8.42 Å². The van der Waals surface area contributed by atoms with Gasteiger partial charge in [-0.05, 0) is 37.8 Å². The maximum absolute atomic E-state index is 12.5. The summed E-state index contributed by atoms with van der Waals surface area (Å²) in [5.74, 6) is 0.0507. The van der Waals surface area contributed by atoms with Crippen LogP contribution in [0.3, 0.4) is 0 Å². The molecular weight excluding hydrogens is 336 g/mol. The summed E-state index contributed by atoms with van der Waals surface area (Å²) in [6, 6.07) is 9.57. The van der Waals surface area contributed by atoms with Crippen molar-refractivity contribution in [2.75, 3.05) is 20.1 Å². The first-order valence-corrected chi connectivity index (χ1v) is 10.4. The molecule has 5 nitrogen and oxygen atoms in total. The molecule has 1 aliphatic rings. The molecule has 0 N–H and O–H groups in total. The molecular formula is C19H28N2O3S. The molecule has 0 saturated carbocycles. The lowest BCUT2D eigenvalue weighted by molar-refractivity contribution is -0.137. The van der Waals surface area contributed by atoms with Crippen molar-refractivity contribution >= 4 is 22.0 Å². The van der Waals surface area contributed by atoms with Gasteiger partial charge in [-0.1, -0.05) is 37.3 Å². The SMILES string of the molecule is CCC(C)N(C)C(=O)C1CCN(S(=O)(=O)/C=C/c2ccccc2)CC1. The maximum Gasteiger partial charge on any atom is 0.236 e. The third kappa shape index (κ3) is 5.16. The summed E-state index contributed by atoms with van der Waals surface area (Å²) in [7, 11) is -1.61. The van der Waals surface area contributed by atoms with Crippen LogP contribution in [0.1, 0.15) is 38.7 Å². The van der Waals surface area contributed by atoms with Gasteiger partial charge < -0.3 is 4.90 Å². The van der Waals surface area contributed by atoms with Crippen molar-refractivity contribution in [3.63, 3.8) is 0 Å². The Balaban J connectivity index is 1.95. The van der Waals surface area contributed by atoms with Gasteiger partial charge in [0.1, 0.15) is 0 Å². The van der Waals surface area contributed by atoms with E-state index in [2.05, 4.69) is 6.92 Å². The molecule has 0 radical (unpaired) electrons. The molecule has 1 aromatic rings. The van der Waals surface area contributed by atoms with Crippen molar-refractivity contribution < 1.29 is 13.2 Å². The molecule has 6 heteroatoms. The number of rotatable bonds is 6. The van der Waals surface area contributed by atoms with E-state index in [0.29, 0.717) is 25.9 Å². The second-order valence-electron chi connectivity index (χ2n) is 6.64. The van der Waals surface area contributed by atoms with E-state index in [-0.39, 0.29) is 17.9 Å². The van der Waals surface area contributed by atoms with Crippen molar-refractivity contribution in [2.24, 2.45) is 5.92 Å². The molecule has 1 atom stereocenters. The lowest BCUT2D eigenvalue weighted by atomic mass is 9.96. The van der Waals surface area contributed by atoms with Gasteiger partial charge in [0.15, 0.2) is 0 Å². The number of sulfonamides is 1. The van der Waals surface area contributed by atoms with E-state index in [1.54, 1.807) is 11.0 Å². The number of hydrogen-bond donors (Lipinski definition) is 0. The average molecular weight is 365 g/mol. The Morgan fingerprint density at radius 2 is 1.88 bits per heavy atom. The number of carbonyl (C=O) groups is 1.